The molecule has 5 rings (SSSR count). The molecule has 0 radical (unpaired) electrons. The van der Waals surface area contributed by atoms with Crippen molar-refractivity contribution in [3.05, 3.63) is 65.6 Å². The van der Waals surface area contributed by atoms with Crippen LogP contribution in [0.15, 0.2) is 54.3 Å². The van der Waals surface area contributed by atoms with Crippen LogP contribution in [0, 0.1) is 11.8 Å². The summed E-state index contributed by atoms with van der Waals surface area (Å²) in [6, 6.07) is 14.7. The summed E-state index contributed by atoms with van der Waals surface area (Å²) in [4.78, 5) is 18.3. The summed E-state index contributed by atoms with van der Waals surface area (Å²) in [5, 5.41) is 11.0. The summed E-state index contributed by atoms with van der Waals surface area (Å²) in [5.41, 5.74) is 6.17. The molecule has 3 aromatic rings. The van der Waals surface area contributed by atoms with Gasteiger partial charge in [-0.3, -0.25) is 4.90 Å². The number of aliphatic carboxylic acids is 1. The Morgan fingerprint density at radius 1 is 1.21 bits per heavy atom. The molecule has 1 saturated heterocycles. The zero-order valence-corrected chi connectivity index (χ0v) is 20.0. The van der Waals surface area contributed by atoms with Gasteiger partial charge in [-0.1, -0.05) is 43.7 Å². The van der Waals surface area contributed by atoms with Crippen LogP contribution in [0.5, 0.6) is 5.75 Å². The Kier molecular flexibility index (Phi) is 6.09. The second-order valence-electron chi connectivity index (χ2n) is 9.34. The van der Waals surface area contributed by atoms with Gasteiger partial charge in [0.1, 0.15) is 5.75 Å². The molecule has 6 heteroatoms. The maximum atomic E-state index is 12.1. The second kappa shape index (κ2) is 9.18. The number of H-pyrrole nitrogens is 1. The van der Waals surface area contributed by atoms with Gasteiger partial charge in [0.2, 0.25) is 0 Å². The summed E-state index contributed by atoms with van der Waals surface area (Å²) < 4.78 is 11.2. The lowest BCUT2D eigenvalue weighted by molar-refractivity contribution is -0.134. The van der Waals surface area contributed by atoms with Gasteiger partial charge in [-0.15, -0.1) is 0 Å². The highest BCUT2D eigenvalue weighted by molar-refractivity contribution is 5.97. The number of methoxy groups -OCH3 is 2. The average molecular weight is 461 g/mol. The van der Waals surface area contributed by atoms with Crippen LogP contribution in [0.4, 0.5) is 0 Å². The normalized spacial score (nSPS) is 22.8. The number of hydrogen-bond donors (Lipinski definition) is 2. The molecule has 178 valence electrons. The lowest BCUT2D eigenvalue weighted by atomic mass is 9.74. The van der Waals surface area contributed by atoms with E-state index < -0.39 is 5.97 Å². The maximum absolute atomic E-state index is 12.1. The Morgan fingerprint density at radius 3 is 2.68 bits per heavy atom. The molecular weight excluding hydrogens is 428 g/mol. The van der Waals surface area contributed by atoms with Crippen LogP contribution in [-0.4, -0.2) is 48.3 Å². The van der Waals surface area contributed by atoms with Gasteiger partial charge in [0, 0.05) is 35.2 Å². The van der Waals surface area contributed by atoms with E-state index in [0.717, 1.165) is 60.1 Å². The summed E-state index contributed by atoms with van der Waals surface area (Å²) in [7, 11) is 3.26. The number of carboxylic acids is 1. The summed E-state index contributed by atoms with van der Waals surface area (Å²) in [6.07, 6.45) is 4.07. The summed E-state index contributed by atoms with van der Waals surface area (Å²) >= 11 is 0. The molecule has 34 heavy (non-hydrogen) atoms. The molecule has 2 aliphatic rings. The van der Waals surface area contributed by atoms with Crippen molar-refractivity contribution in [1.29, 1.82) is 0 Å². The number of ether oxygens (including phenoxy) is 2. The van der Waals surface area contributed by atoms with Crippen LogP contribution in [0.3, 0.4) is 0 Å². The predicted molar refractivity (Wildman–Crippen MR) is 133 cm³/mol. The van der Waals surface area contributed by atoms with Crippen LogP contribution < -0.4 is 4.74 Å². The molecule has 1 unspecified atom stereocenters. The lowest BCUT2D eigenvalue weighted by Gasteiger charge is -2.46. The van der Waals surface area contributed by atoms with Gasteiger partial charge in [0.25, 0.3) is 0 Å². The molecule has 0 saturated carbocycles. The number of nitrogens with zero attached hydrogens (tertiary/aromatic N) is 1. The highest BCUT2D eigenvalue weighted by atomic mass is 16.5. The number of benzene rings is 2. The fraction of sp³-hybridized carbons (Fsp3) is 0.393. The molecule has 2 aliphatic heterocycles. The Labute approximate surface area is 200 Å². The van der Waals surface area contributed by atoms with E-state index in [1.54, 1.807) is 7.11 Å². The fourth-order valence-electron chi connectivity index (χ4n) is 6.10. The zero-order valence-electron chi connectivity index (χ0n) is 20.0. The monoisotopic (exact) mass is 460 g/mol. The van der Waals surface area contributed by atoms with Crippen molar-refractivity contribution in [1.82, 2.24) is 9.88 Å². The van der Waals surface area contributed by atoms with E-state index in [1.807, 2.05) is 18.2 Å². The molecule has 6 nitrogen and oxygen atoms in total. The van der Waals surface area contributed by atoms with Crippen molar-refractivity contribution in [2.45, 2.75) is 32.2 Å². The molecule has 1 fully saturated rings. The van der Waals surface area contributed by atoms with Crippen molar-refractivity contribution in [3.8, 4) is 16.9 Å². The minimum Gasteiger partial charge on any atom is -0.504 e. The SMILES string of the molecule is CC[C@@H]1CN2CCc3c([nH]c4ccc(-c5ccccc5)c(OC)c34)C2C[C@@H]1C(=COC)C(=O)O. The Hall–Kier alpha value is -3.25. The minimum absolute atomic E-state index is 0.0529. The lowest BCUT2D eigenvalue weighted by Crippen LogP contribution is -2.46. The number of aromatic amines is 1. The molecular formula is C28H32N2O4. The first kappa shape index (κ1) is 22.5. The van der Waals surface area contributed by atoms with Crippen molar-refractivity contribution in [2.75, 3.05) is 27.3 Å². The molecule has 0 aliphatic carbocycles. The largest absolute Gasteiger partial charge is 0.504 e. The average Bonchev–Trinajstić information content (AvgIpc) is 3.25. The smallest absolute Gasteiger partial charge is 0.334 e. The maximum Gasteiger partial charge on any atom is 0.334 e. The molecule has 2 N–H and O–H groups in total. The van der Waals surface area contributed by atoms with Gasteiger partial charge in [-0.2, -0.15) is 0 Å². The Morgan fingerprint density at radius 2 is 2.00 bits per heavy atom. The third kappa shape index (κ3) is 3.66. The number of carboxylic acid groups (broad SMARTS) is 1. The fourth-order valence-corrected chi connectivity index (χ4v) is 6.10. The van der Waals surface area contributed by atoms with Gasteiger partial charge in [0.05, 0.1) is 32.1 Å². The van der Waals surface area contributed by atoms with Crippen LogP contribution in [0.2, 0.25) is 0 Å². The summed E-state index contributed by atoms with van der Waals surface area (Å²) in [6.45, 7) is 4.00. The van der Waals surface area contributed by atoms with Crippen molar-refractivity contribution >= 4 is 16.9 Å². The van der Waals surface area contributed by atoms with Crippen LogP contribution >= 0.6 is 0 Å². The summed E-state index contributed by atoms with van der Waals surface area (Å²) in [5.74, 6) is 0.251. The molecule has 0 bridgehead atoms. The first-order chi connectivity index (χ1) is 16.6. The Bertz CT molecular complexity index is 1230. The van der Waals surface area contributed by atoms with E-state index in [4.69, 9.17) is 9.47 Å². The number of aromatic nitrogens is 1. The number of piperidine rings is 1. The topological polar surface area (TPSA) is 74.8 Å². The van der Waals surface area contributed by atoms with Crippen LogP contribution in [-0.2, 0) is 16.0 Å². The third-order valence-electron chi connectivity index (χ3n) is 7.70. The predicted octanol–water partition coefficient (Wildman–Crippen LogP) is 5.40. The molecule has 0 spiro atoms. The molecule has 3 atom stereocenters. The highest BCUT2D eigenvalue weighted by Crippen LogP contribution is 2.48. The first-order valence-corrected chi connectivity index (χ1v) is 12.0. The number of rotatable bonds is 6. The number of fused-ring (bicyclic) bond motifs is 5. The van der Waals surface area contributed by atoms with Crippen LogP contribution in [0.25, 0.3) is 22.0 Å². The van der Waals surface area contributed by atoms with Crippen molar-refractivity contribution in [3.63, 3.8) is 0 Å². The molecule has 3 heterocycles. The molecule has 2 aromatic carbocycles. The van der Waals surface area contributed by atoms with Gasteiger partial charge < -0.3 is 19.6 Å². The van der Waals surface area contributed by atoms with E-state index in [-0.39, 0.29) is 12.0 Å². The van der Waals surface area contributed by atoms with E-state index in [0.29, 0.717) is 11.5 Å². The van der Waals surface area contributed by atoms with E-state index >= 15 is 0 Å². The van der Waals surface area contributed by atoms with Crippen LogP contribution in [0.1, 0.15) is 37.1 Å². The highest BCUT2D eigenvalue weighted by Gasteiger charge is 2.42. The Balaban J connectivity index is 1.60. The van der Waals surface area contributed by atoms with E-state index in [2.05, 4.69) is 41.1 Å². The van der Waals surface area contributed by atoms with E-state index in [9.17, 15) is 9.90 Å². The standard InChI is InChI=1S/C28H32N2O4/c1-4-17-15-30-13-12-20-25-23(11-10-19(27(25)34-3)18-8-6-5-7-9-18)29-26(20)24(30)14-21(17)22(16-33-2)28(31)32/h5-11,16-17,21,24,29H,4,12-15H2,1-3H3,(H,31,32)/t17-,21+,24?/m1/s1. The van der Waals surface area contributed by atoms with Gasteiger partial charge in [0.15, 0.2) is 0 Å². The quantitative estimate of drug-likeness (QED) is 0.380. The zero-order chi connectivity index (χ0) is 23.8. The molecule has 0 amide bonds. The van der Waals surface area contributed by atoms with E-state index in [1.165, 1.54) is 24.6 Å². The van der Waals surface area contributed by atoms with Crippen molar-refractivity contribution in [2.24, 2.45) is 11.8 Å². The second-order valence-corrected chi connectivity index (χ2v) is 9.34. The minimum atomic E-state index is -0.888. The third-order valence-corrected chi connectivity index (χ3v) is 7.70. The van der Waals surface area contributed by atoms with Gasteiger partial charge >= 0.3 is 5.97 Å². The first-order valence-electron chi connectivity index (χ1n) is 12.0. The molecule has 1 aromatic heterocycles. The number of hydrogen-bond acceptors (Lipinski definition) is 4. The van der Waals surface area contributed by atoms with Gasteiger partial charge in [-0.25, -0.2) is 4.79 Å². The number of nitrogens with one attached hydrogen (secondary N) is 1. The van der Waals surface area contributed by atoms with Crippen molar-refractivity contribution < 1.29 is 19.4 Å². The number of carbonyl (C=O) groups is 1. The van der Waals surface area contributed by atoms with Gasteiger partial charge in [-0.05, 0) is 47.9 Å².